The van der Waals surface area contributed by atoms with Crippen LogP contribution in [-0.4, -0.2) is 29.5 Å². The summed E-state index contributed by atoms with van der Waals surface area (Å²) in [6.07, 6.45) is -0.0436. The number of ether oxygens (including phenoxy) is 1. The summed E-state index contributed by atoms with van der Waals surface area (Å²) in [6.45, 7) is 3.89. The Balaban J connectivity index is 1.88. The molecule has 8 heteroatoms. The molecule has 0 fully saturated rings. The van der Waals surface area contributed by atoms with Gasteiger partial charge in [0.15, 0.2) is 5.11 Å². The van der Waals surface area contributed by atoms with E-state index in [0.717, 1.165) is 5.56 Å². The van der Waals surface area contributed by atoms with Crippen molar-refractivity contribution >= 4 is 40.8 Å². The zero-order chi connectivity index (χ0) is 21.9. The number of benzene rings is 2. The molecule has 2 rings (SSSR count). The summed E-state index contributed by atoms with van der Waals surface area (Å²) in [5.74, 6) is -1.06. The SMILES string of the molecule is CCOC(=O)CCC(=O)NC(=S)Nc1cccc(C(=O)NC(C)c2ccccc2)c1. The van der Waals surface area contributed by atoms with Crippen molar-refractivity contribution in [2.75, 3.05) is 11.9 Å². The summed E-state index contributed by atoms with van der Waals surface area (Å²) >= 11 is 5.13. The van der Waals surface area contributed by atoms with E-state index in [4.69, 9.17) is 17.0 Å². The zero-order valence-corrected chi connectivity index (χ0v) is 17.8. The molecule has 0 spiro atoms. The van der Waals surface area contributed by atoms with Gasteiger partial charge >= 0.3 is 5.97 Å². The molecule has 0 aliphatic rings. The van der Waals surface area contributed by atoms with Gasteiger partial charge in [0.2, 0.25) is 5.91 Å². The first kappa shape index (κ1) is 23.0. The summed E-state index contributed by atoms with van der Waals surface area (Å²) < 4.78 is 4.78. The van der Waals surface area contributed by atoms with Gasteiger partial charge < -0.3 is 20.7 Å². The lowest BCUT2D eigenvalue weighted by molar-refractivity contribution is -0.144. The largest absolute Gasteiger partial charge is 0.466 e. The molecule has 0 saturated carbocycles. The van der Waals surface area contributed by atoms with Crippen LogP contribution in [0.4, 0.5) is 5.69 Å². The third-order valence-electron chi connectivity index (χ3n) is 4.14. The van der Waals surface area contributed by atoms with Crippen LogP contribution in [0.2, 0.25) is 0 Å². The topological polar surface area (TPSA) is 96.5 Å². The van der Waals surface area contributed by atoms with E-state index in [0.29, 0.717) is 11.3 Å². The van der Waals surface area contributed by atoms with E-state index < -0.39 is 11.9 Å². The zero-order valence-electron chi connectivity index (χ0n) is 16.9. The number of thiocarbonyl (C=S) groups is 1. The van der Waals surface area contributed by atoms with Crippen LogP contribution in [0.1, 0.15) is 48.7 Å². The summed E-state index contributed by atoms with van der Waals surface area (Å²) in [7, 11) is 0. The molecule has 0 radical (unpaired) electrons. The Labute approximate surface area is 181 Å². The first-order valence-electron chi connectivity index (χ1n) is 9.61. The standard InChI is InChI=1S/C22H25N3O4S/c1-3-29-20(27)13-12-19(26)25-22(30)24-18-11-7-10-17(14-18)21(28)23-15(2)16-8-5-4-6-9-16/h4-11,14-15H,3,12-13H2,1-2H3,(H,23,28)(H2,24,25,26,30). The summed E-state index contributed by atoms with van der Waals surface area (Å²) in [6, 6.07) is 16.3. The van der Waals surface area contributed by atoms with Gasteiger partial charge in [-0.2, -0.15) is 0 Å². The Morgan fingerprint density at radius 2 is 1.77 bits per heavy atom. The van der Waals surface area contributed by atoms with E-state index in [9.17, 15) is 14.4 Å². The molecule has 0 aliphatic heterocycles. The fraction of sp³-hybridized carbons (Fsp3) is 0.273. The van der Waals surface area contributed by atoms with Crippen LogP contribution in [0.3, 0.4) is 0 Å². The lowest BCUT2D eigenvalue weighted by Crippen LogP contribution is -2.34. The molecule has 2 amide bonds. The average Bonchev–Trinajstić information content (AvgIpc) is 2.73. The number of nitrogens with one attached hydrogen (secondary N) is 3. The molecule has 2 aromatic carbocycles. The molecule has 1 unspecified atom stereocenters. The van der Waals surface area contributed by atoms with Crippen LogP contribution in [0.5, 0.6) is 0 Å². The third kappa shape index (κ3) is 7.63. The molecule has 0 saturated heterocycles. The number of carbonyl (C=O) groups excluding carboxylic acids is 3. The molecule has 30 heavy (non-hydrogen) atoms. The number of amides is 2. The van der Waals surface area contributed by atoms with Gasteiger partial charge in [0.05, 0.1) is 19.1 Å². The van der Waals surface area contributed by atoms with Gasteiger partial charge in [-0.1, -0.05) is 36.4 Å². The van der Waals surface area contributed by atoms with Gasteiger partial charge in [-0.15, -0.1) is 0 Å². The Kier molecular flexibility index (Phi) is 8.96. The number of carbonyl (C=O) groups is 3. The van der Waals surface area contributed by atoms with Gasteiger partial charge in [0, 0.05) is 17.7 Å². The maximum Gasteiger partial charge on any atom is 0.306 e. The van der Waals surface area contributed by atoms with Gasteiger partial charge in [-0.25, -0.2) is 0 Å². The highest BCUT2D eigenvalue weighted by atomic mass is 32.1. The Morgan fingerprint density at radius 3 is 2.47 bits per heavy atom. The van der Waals surface area contributed by atoms with E-state index in [2.05, 4.69) is 16.0 Å². The monoisotopic (exact) mass is 427 g/mol. The summed E-state index contributed by atoms with van der Waals surface area (Å²) in [5, 5.41) is 8.40. The minimum atomic E-state index is -0.435. The van der Waals surface area contributed by atoms with Crippen molar-refractivity contribution in [3.05, 3.63) is 65.7 Å². The number of hydrogen-bond acceptors (Lipinski definition) is 5. The Hall–Kier alpha value is -3.26. The van der Waals surface area contributed by atoms with Crippen molar-refractivity contribution in [1.82, 2.24) is 10.6 Å². The number of esters is 1. The average molecular weight is 428 g/mol. The van der Waals surface area contributed by atoms with Gasteiger partial charge in [-0.3, -0.25) is 14.4 Å². The molecule has 0 heterocycles. The first-order valence-corrected chi connectivity index (χ1v) is 10.0. The predicted octanol–water partition coefficient (Wildman–Crippen LogP) is 3.33. The second-order valence-electron chi connectivity index (χ2n) is 6.49. The van der Waals surface area contributed by atoms with E-state index in [-0.39, 0.29) is 36.5 Å². The maximum absolute atomic E-state index is 12.6. The van der Waals surface area contributed by atoms with Crippen molar-refractivity contribution in [3.63, 3.8) is 0 Å². The minimum Gasteiger partial charge on any atom is -0.466 e. The van der Waals surface area contributed by atoms with Crippen LogP contribution in [0, 0.1) is 0 Å². The maximum atomic E-state index is 12.6. The number of anilines is 1. The summed E-state index contributed by atoms with van der Waals surface area (Å²) in [4.78, 5) is 35.7. The highest BCUT2D eigenvalue weighted by Gasteiger charge is 2.13. The van der Waals surface area contributed by atoms with Crippen LogP contribution >= 0.6 is 12.2 Å². The fourth-order valence-corrected chi connectivity index (χ4v) is 2.88. The van der Waals surface area contributed by atoms with Crippen molar-refractivity contribution in [2.45, 2.75) is 32.7 Å². The van der Waals surface area contributed by atoms with Crippen LogP contribution in [-0.2, 0) is 14.3 Å². The molecule has 0 aliphatic carbocycles. The smallest absolute Gasteiger partial charge is 0.306 e. The Bertz CT molecular complexity index is 902. The van der Waals surface area contributed by atoms with Gasteiger partial charge in [0.25, 0.3) is 5.91 Å². The first-order chi connectivity index (χ1) is 14.4. The lowest BCUT2D eigenvalue weighted by Gasteiger charge is -2.15. The van der Waals surface area contributed by atoms with Crippen LogP contribution in [0.15, 0.2) is 54.6 Å². The molecule has 2 aromatic rings. The van der Waals surface area contributed by atoms with E-state index >= 15 is 0 Å². The van der Waals surface area contributed by atoms with E-state index in [1.54, 1.807) is 31.2 Å². The molecule has 7 nitrogen and oxygen atoms in total. The minimum absolute atomic E-state index is 0.0163. The number of hydrogen-bond donors (Lipinski definition) is 3. The molecule has 158 valence electrons. The molecule has 0 bridgehead atoms. The van der Waals surface area contributed by atoms with Crippen LogP contribution < -0.4 is 16.0 Å². The highest BCUT2D eigenvalue weighted by Crippen LogP contribution is 2.15. The van der Waals surface area contributed by atoms with Crippen molar-refractivity contribution in [3.8, 4) is 0 Å². The molecular weight excluding hydrogens is 402 g/mol. The van der Waals surface area contributed by atoms with E-state index in [1.807, 2.05) is 37.3 Å². The van der Waals surface area contributed by atoms with Crippen LogP contribution in [0.25, 0.3) is 0 Å². The van der Waals surface area contributed by atoms with E-state index in [1.165, 1.54) is 0 Å². The number of rotatable bonds is 8. The second kappa shape index (κ2) is 11.7. The van der Waals surface area contributed by atoms with Crippen molar-refractivity contribution in [2.24, 2.45) is 0 Å². The summed E-state index contributed by atoms with van der Waals surface area (Å²) in [5.41, 5.74) is 2.02. The van der Waals surface area contributed by atoms with Crippen molar-refractivity contribution in [1.29, 1.82) is 0 Å². The van der Waals surface area contributed by atoms with Crippen molar-refractivity contribution < 1.29 is 19.1 Å². The molecule has 3 N–H and O–H groups in total. The fourth-order valence-electron chi connectivity index (χ4n) is 2.64. The third-order valence-corrected chi connectivity index (χ3v) is 4.35. The molecular formula is C22H25N3O4S. The lowest BCUT2D eigenvalue weighted by atomic mass is 10.1. The quantitative estimate of drug-likeness (QED) is 0.442. The van der Waals surface area contributed by atoms with Gasteiger partial charge in [-0.05, 0) is 49.8 Å². The molecule has 1 atom stereocenters. The van der Waals surface area contributed by atoms with Gasteiger partial charge in [0.1, 0.15) is 0 Å². The normalized spacial score (nSPS) is 11.1. The highest BCUT2D eigenvalue weighted by molar-refractivity contribution is 7.80. The Morgan fingerprint density at radius 1 is 1.03 bits per heavy atom. The predicted molar refractivity (Wildman–Crippen MR) is 119 cm³/mol. The molecule has 0 aromatic heterocycles. The second-order valence-corrected chi connectivity index (χ2v) is 6.90.